The van der Waals surface area contributed by atoms with Crippen molar-refractivity contribution in [3.05, 3.63) is 57.8 Å². The van der Waals surface area contributed by atoms with Crippen LogP contribution in [0, 0.1) is 5.82 Å². The van der Waals surface area contributed by atoms with E-state index in [9.17, 15) is 4.39 Å². The van der Waals surface area contributed by atoms with E-state index in [1.807, 2.05) is 19.1 Å². The highest BCUT2D eigenvalue weighted by Crippen LogP contribution is 2.37. The van der Waals surface area contributed by atoms with E-state index in [1.165, 1.54) is 6.07 Å². The average Bonchev–Trinajstić information content (AvgIpc) is 3.16. The Morgan fingerprint density at radius 3 is 2.85 bits per heavy atom. The van der Waals surface area contributed by atoms with Crippen molar-refractivity contribution < 1.29 is 18.6 Å². The number of nitrogens with one attached hydrogen (secondary N) is 1. The SMILES string of the molecule is CCOc1cc(CNCC2CCCO2)cc(Br)c1OCc1ccccc1F. The first-order chi connectivity index (χ1) is 13.2. The van der Waals surface area contributed by atoms with Gasteiger partial charge in [0.2, 0.25) is 0 Å². The molecule has 1 atom stereocenters. The first-order valence-corrected chi connectivity index (χ1v) is 10.1. The molecule has 1 aliphatic rings. The molecule has 0 radical (unpaired) electrons. The Labute approximate surface area is 168 Å². The predicted molar refractivity (Wildman–Crippen MR) is 107 cm³/mol. The second-order valence-electron chi connectivity index (χ2n) is 6.48. The van der Waals surface area contributed by atoms with Crippen LogP contribution in [0.15, 0.2) is 40.9 Å². The van der Waals surface area contributed by atoms with Gasteiger partial charge in [0.1, 0.15) is 12.4 Å². The highest BCUT2D eigenvalue weighted by atomic mass is 79.9. The van der Waals surface area contributed by atoms with E-state index in [2.05, 4.69) is 21.2 Å². The van der Waals surface area contributed by atoms with E-state index in [0.717, 1.165) is 36.0 Å². The van der Waals surface area contributed by atoms with Gasteiger partial charge in [0.15, 0.2) is 11.5 Å². The third-order valence-electron chi connectivity index (χ3n) is 4.42. The van der Waals surface area contributed by atoms with Crippen molar-refractivity contribution in [3.8, 4) is 11.5 Å². The molecule has 4 nitrogen and oxygen atoms in total. The maximum atomic E-state index is 13.8. The molecule has 0 amide bonds. The average molecular weight is 438 g/mol. The number of ether oxygens (including phenoxy) is 3. The van der Waals surface area contributed by atoms with Crippen molar-refractivity contribution in [1.29, 1.82) is 0 Å². The fourth-order valence-electron chi connectivity index (χ4n) is 3.07. The monoisotopic (exact) mass is 437 g/mol. The maximum absolute atomic E-state index is 13.8. The van der Waals surface area contributed by atoms with Gasteiger partial charge in [-0.2, -0.15) is 0 Å². The first kappa shape index (κ1) is 20.1. The van der Waals surface area contributed by atoms with Crippen LogP contribution in [0.4, 0.5) is 4.39 Å². The molecule has 146 valence electrons. The summed E-state index contributed by atoms with van der Waals surface area (Å²) >= 11 is 3.57. The van der Waals surface area contributed by atoms with Crippen molar-refractivity contribution in [2.45, 2.75) is 39.0 Å². The lowest BCUT2D eigenvalue weighted by Gasteiger charge is -2.16. The zero-order valence-corrected chi connectivity index (χ0v) is 17.1. The van der Waals surface area contributed by atoms with Crippen LogP contribution in [0.3, 0.4) is 0 Å². The van der Waals surface area contributed by atoms with Crippen LogP contribution in [0.25, 0.3) is 0 Å². The zero-order valence-electron chi connectivity index (χ0n) is 15.5. The summed E-state index contributed by atoms with van der Waals surface area (Å²) in [6.45, 7) is 5.01. The molecule has 0 aromatic heterocycles. The van der Waals surface area contributed by atoms with Crippen molar-refractivity contribution in [2.75, 3.05) is 19.8 Å². The van der Waals surface area contributed by atoms with Gasteiger partial charge >= 0.3 is 0 Å². The zero-order chi connectivity index (χ0) is 19.1. The van der Waals surface area contributed by atoms with E-state index >= 15 is 0 Å². The fourth-order valence-corrected chi connectivity index (χ4v) is 3.68. The molecule has 1 unspecified atom stereocenters. The molecular formula is C21H25BrFNO3. The van der Waals surface area contributed by atoms with Crippen LogP contribution in [-0.2, 0) is 17.9 Å². The molecule has 2 aromatic carbocycles. The van der Waals surface area contributed by atoms with Gasteiger partial charge in [-0.1, -0.05) is 18.2 Å². The number of hydrogen-bond acceptors (Lipinski definition) is 4. The molecular weight excluding hydrogens is 413 g/mol. The Morgan fingerprint density at radius 1 is 1.26 bits per heavy atom. The van der Waals surface area contributed by atoms with E-state index in [4.69, 9.17) is 14.2 Å². The molecule has 2 aromatic rings. The normalized spacial score (nSPS) is 16.5. The summed E-state index contributed by atoms with van der Waals surface area (Å²) in [5, 5.41) is 3.43. The number of halogens is 2. The van der Waals surface area contributed by atoms with E-state index in [-0.39, 0.29) is 12.4 Å². The van der Waals surface area contributed by atoms with E-state index < -0.39 is 0 Å². The smallest absolute Gasteiger partial charge is 0.175 e. The predicted octanol–water partition coefficient (Wildman–Crippen LogP) is 4.83. The summed E-state index contributed by atoms with van der Waals surface area (Å²) in [4.78, 5) is 0. The van der Waals surface area contributed by atoms with Gasteiger partial charge in [-0.05, 0) is 59.5 Å². The largest absolute Gasteiger partial charge is 0.490 e. The summed E-state index contributed by atoms with van der Waals surface area (Å²) < 4.78 is 31.9. The number of hydrogen-bond donors (Lipinski definition) is 1. The molecule has 1 saturated heterocycles. The molecule has 1 fully saturated rings. The topological polar surface area (TPSA) is 39.7 Å². The summed E-state index contributed by atoms with van der Waals surface area (Å²) in [5.41, 5.74) is 1.59. The van der Waals surface area contributed by atoms with Gasteiger partial charge in [-0.15, -0.1) is 0 Å². The van der Waals surface area contributed by atoms with E-state index in [0.29, 0.717) is 36.3 Å². The summed E-state index contributed by atoms with van der Waals surface area (Å²) in [5.74, 6) is 0.960. The van der Waals surface area contributed by atoms with Crippen molar-refractivity contribution in [2.24, 2.45) is 0 Å². The second kappa shape index (κ2) is 10.1. The van der Waals surface area contributed by atoms with Crippen molar-refractivity contribution >= 4 is 15.9 Å². The molecule has 0 spiro atoms. The standard InChI is InChI=1S/C21H25BrFNO3/c1-2-25-20-11-15(12-24-13-17-7-5-9-26-17)10-18(22)21(20)27-14-16-6-3-4-8-19(16)23/h3-4,6,8,10-11,17,24H,2,5,7,9,12-14H2,1H3. The van der Waals surface area contributed by atoms with Gasteiger partial charge in [0, 0.05) is 25.3 Å². The lowest BCUT2D eigenvalue weighted by molar-refractivity contribution is 0.110. The maximum Gasteiger partial charge on any atom is 0.175 e. The molecule has 1 aliphatic heterocycles. The summed E-state index contributed by atoms with van der Waals surface area (Å²) in [6.07, 6.45) is 2.56. The Bertz CT molecular complexity index is 750. The highest BCUT2D eigenvalue weighted by molar-refractivity contribution is 9.10. The third-order valence-corrected chi connectivity index (χ3v) is 5.01. The Hall–Kier alpha value is -1.63. The van der Waals surface area contributed by atoms with Gasteiger partial charge in [-0.25, -0.2) is 4.39 Å². The number of benzene rings is 2. The van der Waals surface area contributed by atoms with Crippen LogP contribution >= 0.6 is 15.9 Å². The highest BCUT2D eigenvalue weighted by Gasteiger charge is 2.16. The van der Waals surface area contributed by atoms with Crippen molar-refractivity contribution in [3.63, 3.8) is 0 Å². The quantitative estimate of drug-likeness (QED) is 0.609. The molecule has 3 rings (SSSR count). The second-order valence-corrected chi connectivity index (χ2v) is 7.34. The number of rotatable bonds is 9. The summed E-state index contributed by atoms with van der Waals surface area (Å²) in [6, 6.07) is 10.6. The van der Waals surface area contributed by atoms with Crippen LogP contribution in [-0.4, -0.2) is 25.9 Å². The molecule has 0 bridgehead atoms. The van der Waals surface area contributed by atoms with Gasteiger partial charge < -0.3 is 19.5 Å². The van der Waals surface area contributed by atoms with Gasteiger partial charge in [0.05, 0.1) is 17.2 Å². The van der Waals surface area contributed by atoms with Crippen LogP contribution < -0.4 is 14.8 Å². The minimum Gasteiger partial charge on any atom is -0.490 e. The van der Waals surface area contributed by atoms with Crippen LogP contribution in [0.5, 0.6) is 11.5 Å². The van der Waals surface area contributed by atoms with Crippen LogP contribution in [0.2, 0.25) is 0 Å². The molecule has 27 heavy (non-hydrogen) atoms. The van der Waals surface area contributed by atoms with Crippen molar-refractivity contribution in [1.82, 2.24) is 5.32 Å². The molecule has 0 saturated carbocycles. The lowest BCUT2D eigenvalue weighted by atomic mass is 10.2. The molecule has 1 N–H and O–H groups in total. The van der Waals surface area contributed by atoms with Gasteiger partial charge in [0.25, 0.3) is 0 Å². The fraction of sp³-hybridized carbons (Fsp3) is 0.429. The lowest BCUT2D eigenvalue weighted by Crippen LogP contribution is -2.25. The molecule has 0 aliphatic carbocycles. The minimum atomic E-state index is -0.276. The van der Waals surface area contributed by atoms with E-state index in [1.54, 1.807) is 18.2 Å². The first-order valence-electron chi connectivity index (χ1n) is 9.31. The summed E-state index contributed by atoms with van der Waals surface area (Å²) in [7, 11) is 0. The Balaban J connectivity index is 1.66. The van der Waals surface area contributed by atoms with Gasteiger partial charge in [-0.3, -0.25) is 0 Å². The Kier molecular flexibility index (Phi) is 7.50. The van der Waals surface area contributed by atoms with Crippen LogP contribution in [0.1, 0.15) is 30.9 Å². The Morgan fingerprint density at radius 2 is 2.11 bits per heavy atom. The minimum absolute atomic E-state index is 0.141. The molecule has 6 heteroatoms. The molecule has 1 heterocycles. The third kappa shape index (κ3) is 5.67.